The molecular weight excluding hydrogens is 306 g/mol. The summed E-state index contributed by atoms with van der Waals surface area (Å²) in [5.41, 5.74) is 1.49. The quantitative estimate of drug-likeness (QED) is 0.801. The molecular formula is C17H23N5O2. The minimum Gasteiger partial charge on any atom is -0.358 e. The zero-order valence-electron chi connectivity index (χ0n) is 14.2. The van der Waals surface area contributed by atoms with Gasteiger partial charge in [0.2, 0.25) is 11.8 Å². The van der Waals surface area contributed by atoms with E-state index >= 15 is 0 Å². The molecule has 7 heteroatoms. The van der Waals surface area contributed by atoms with E-state index in [4.69, 9.17) is 0 Å². The molecule has 0 saturated heterocycles. The molecule has 1 aromatic carbocycles. The molecule has 2 rings (SSSR count). The van der Waals surface area contributed by atoms with Gasteiger partial charge in [0.05, 0.1) is 11.9 Å². The molecule has 0 bridgehead atoms. The van der Waals surface area contributed by atoms with E-state index < -0.39 is 6.04 Å². The van der Waals surface area contributed by atoms with Gasteiger partial charge in [0, 0.05) is 13.2 Å². The van der Waals surface area contributed by atoms with E-state index in [1.165, 1.54) is 10.9 Å². The van der Waals surface area contributed by atoms with Crippen molar-refractivity contribution in [2.24, 2.45) is 0 Å². The summed E-state index contributed by atoms with van der Waals surface area (Å²) >= 11 is 0. The Morgan fingerprint density at radius 2 is 2.00 bits per heavy atom. The molecule has 0 unspecified atom stereocenters. The number of hydrogen-bond acceptors (Lipinski definition) is 4. The number of anilines is 1. The van der Waals surface area contributed by atoms with Crippen LogP contribution in [0.1, 0.15) is 18.5 Å². The second-order valence-electron chi connectivity index (χ2n) is 5.48. The Morgan fingerprint density at radius 3 is 2.62 bits per heavy atom. The van der Waals surface area contributed by atoms with Crippen molar-refractivity contribution in [3.05, 3.63) is 48.3 Å². The van der Waals surface area contributed by atoms with E-state index in [9.17, 15) is 9.59 Å². The third-order valence-corrected chi connectivity index (χ3v) is 3.79. The van der Waals surface area contributed by atoms with Crippen molar-refractivity contribution in [2.75, 3.05) is 26.0 Å². The number of rotatable bonds is 7. The second-order valence-corrected chi connectivity index (χ2v) is 5.48. The van der Waals surface area contributed by atoms with Gasteiger partial charge in [-0.3, -0.25) is 19.2 Å². The molecule has 0 aliphatic heterocycles. The number of hydrogen-bond donors (Lipinski definition) is 2. The Morgan fingerprint density at radius 1 is 1.29 bits per heavy atom. The van der Waals surface area contributed by atoms with Crippen LogP contribution in [0.2, 0.25) is 0 Å². The van der Waals surface area contributed by atoms with Crippen molar-refractivity contribution < 1.29 is 9.59 Å². The highest BCUT2D eigenvalue weighted by atomic mass is 16.2. The van der Waals surface area contributed by atoms with Crippen LogP contribution in [-0.4, -0.2) is 47.1 Å². The highest BCUT2D eigenvalue weighted by Gasteiger charge is 2.24. The number of likely N-dealkylation sites (N-methyl/N-ethyl adjacent to an activating group) is 2. The standard InChI is InChI=1S/C17H23N5O2/c1-4-21(3)16(13-8-6-5-7-9-13)17(24)20-14-10-19-22(11-14)12-15(23)18-2/h5-11,16H,4,12H2,1-3H3,(H,18,23)(H,20,24)/t16-/m0/s1. The summed E-state index contributed by atoms with van der Waals surface area (Å²) in [5.74, 6) is -0.283. The maximum absolute atomic E-state index is 12.7. The third kappa shape index (κ3) is 4.42. The molecule has 0 spiro atoms. The summed E-state index contributed by atoms with van der Waals surface area (Å²) in [6.07, 6.45) is 3.18. The lowest BCUT2D eigenvalue weighted by Crippen LogP contribution is -2.34. The van der Waals surface area contributed by atoms with E-state index in [0.29, 0.717) is 5.69 Å². The van der Waals surface area contributed by atoms with E-state index in [-0.39, 0.29) is 18.4 Å². The number of aromatic nitrogens is 2. The molecule has 0 saturated carbocycles. The lowest BCUT2D eigenvalue weighted by molar-refractivity contribution is -0.121. The summed E-state index contributed by atoms with van der Waals surface area (Å²) < 4.78 is 1.48. The first-order valence-electron chi connectivity index (χ1n) is 7.84. The highest BCUT2D eigenvalue weighted by molar-refractivity contribution is 5.95. The van der Waals surface area contributed by atoms with Crippen LogP contribution in [-0.2, 0) is 16.1 Å². The Kier molecular flexibility index (Phi) is 6.08. The Labute approximate surface area is 141 Å². The van der Waals surface area contributed by atoms with E-state index in [0.717, 1.165) is 12.1 Å². The Hall–Kier alpha value is -2.67. The number of amides is 2. The van der Waals surface area contributed by atoms with Gasteiger partial charge in [-0.05, 0) is 19.2 Å². The molecule has 0 aliphatic rings. The van der Waals surface area contributed by atoms with Gasteiger partial charge in [0.15, 0.2) is 0 Å². The largest absolute Gasteiger partial charge is 0.358 e. The molecule has 0 fully saturated rings. The van der Waals surface area contributed by atoms with Crippen LogP contribution in [0.15, 0.2) is 42.7 Å². The van der Waals surface area contributed by atoms with Crippen LogP contribution >= 0.6 is 0 Å². The predicted molar refractivity (Wildman–Crippen MR) is 92.4 cm³/mol. The number of benzene rings is 1. The number of carbonyl (C=O) groups is 2. The third-order valence-electron chi connectivity index (χ3n) is 3.79. The fraction of sp³-hybridized carbons (Fsp3) is 0.353. The van der Waals surface area contributed by atoms with Gasteiger partial charge < -0.3 is 10.6 Å². The maximum atomic E-state index is 12.7. The molecule has 128 valence electrons. The zero-order chi connectivity index (χ0) is 17.5. The molecule has 24 heavy (non-hydrogen) atoms. The first kappa shape index (κ1) is 17.7. The van der Waals surface area contributed by atoms with Gasteiger partial charge in [-0.2, -0.15) is 5.10 Å². The smallest absolute Gasteiger partial charge is 0.246 e. The van der Waals surface area contributed by atoms with Gasteiger partial charge in [-0.25, -0.2) is 0 Å². The van der Waals surface area contributed by atoms with Crippen molar-refractivity contribution in [1.82, 2.24) is 20.0 Å². The molecule has 0 aliphatic carbocycles. The number of carbonyl (C=O) groups excluding carboxylic acids is 2. The Balaban J connectivity index is 2.12. The van der Waals surface area contributed by atoms with Crippen molar-refractivity contribution in [3.8, 4) is 0 Å². The predicted octanol–water partition coefficient (Wildman–Crippen LogP) is 1.26. The van der Waals surface area contributed by atoms with E-state index in [1.807, 2.05) is 49.2 Å². The highest BCUT2D eigenvalue weighted by Crippen LogP contribution is 2.21. The van der Waals surface area contributed by atoms with Crippen molar-refractivity contribution in [1.29, 1.82) is 0 Å². The topological polar surface area (TPSA) is 79.3 Å². The van der Waals surface area contributed by atoms with Crippen molar-refractivity contribution in [2.45, 2.75) is 19.5 Å². The summed E-state index contributed by atoms with van der Waals surface area (Å²) in [6, 6.07) is 9.24. The number of nitrogens with zero attached hydrogens (tertiary/aromatic N) is 3. The summed E-state index contributed by atoms with van der Waals surface area (Å²) in [4.78, 5) is 26.1. The normalized spacial score (nSPS) is 12.0. The number of nitrogens with one attached hydrogen (secondary N) is 2. The maximum Gasteiger partial charge on any atom is 0.246 e. The average molecular weight is 329 g/mol. The van der Waals surface area contributed by atoms with Gasteiger partial charge in [-0.1, -0.05) is 37.3 Å². The monoisotopic (exact) mass is 329 g/mol. The fourth-order valence-corrected chi connectivity index (χ4v) is 2.38. The molecule has 0 radical (unpaired) electrons. The van der Waals surface area contributed by atoms with Gasteiger partial charge in [0.1, 0.15) is 12.6 Å². The lowest BCUT2D eigenvalue weighted by atomic mass is 10.0. The first-order chi connectivity index (χ1) is 11.5. The summed E-state index contributed by atoms with van der Waals surface area (Å²) in [7, 11) is 3.48. The molecule has 1 heterocycles. The molecule has 2 aromatic rings. The minimum absolute atomic E-state index is 0.114. The molecule has 2 N–H and O–H groups in total. The van der Waals surface area contributed by atoms with Crippen LogP contribution in [0, 0.1) is 0 Å². The summed E-state index contributed by atoms with van der Waals surface area (Å²) in [6.45, 7) is 2.86. The molecule has 1 aromatic heterocycles. The lowest BCUT2D eigenvalue weighted by Gasteiger charge is -2.26. The SMILES string of the molecule is CCN(C)[C@H](C(=O)Nc1cnn(CC(=O)NC)c1)c1ccccc1. The van der Waals surface area contributed by atoms with Crippen LogP contribution in [0.4, 0.5) is 5.69 Å². The van der Waals surface area contributed by atoms with E-state index in [1.54, 1.807) is 13.2 Å². The summed E-state index contributed by atoms with van der Waals surface area (Å²) in [5, 5.41) is 9.49. The van der Waals surface area contributed by atoms with Crippen LogP contribution in [0.5, 0.6) is 0 Å². The molecule has 2 amide bonds. The average Bonchev–Trinajstić information content (AvgIpc) is 3.02. The zero-order valence-corrected chi connectivity index (χ0v) is 14.2. The van der Waals surface area contributed by atoms with Gasteiger partial charge in [0.25, 0.3) is 0 Å². The molecule has 1 atom stereocenters. The first-order valence-corrected chi connectivity index (χ1v) is 7.84. The van der Waals surface area contributed by atoms with E-state index in [2.05, 4.69) is 15.7 Å². The van der Waals surface area contributed by atoms with Gasteiger partial charge >= 0.3 is 0 Å². The van der Waals surface area contributed by atoms with Gasteiger partial charge in [-0.15, -0.1) is 0 Å². The fourth-order valence-electron chi connectivity index (χ4n) is 2.38. The van der Waals surface area contributed by atoms with Crippen LogP contribution in [0.3, 0.4) is 0 Å². The van der Waals surface area contributed by atoms with Crippen LogP contribution in [0.25, 0.3) is 0 Å². The Bertz CT molecular complexity index is 683. The minimum atomic E-state index is -0.390. The van der Waals surface area contributed by atoms with Crippen molar-refractivity contribution in [3.63, 3.8) is 0 Å². The molecule has 7 nitrogen and oxygen atoms in total. The van der Waals surface area contributed by atoms with Crippen molar-refractivity contribution >= 4 is 17.5 Å². The second kappa shape index (κ2) is 8.26. The van der Waals surface area contributed by atoms with Crippen LogP contribution < -0.4 is 10.6 Å².